The lowest BCUT2D eigenvalue weighted by Gasteiger charge is -2.10. The van der Waals surface area contributed by atoms with Crippen LogP contribution in [0, 0.1) is 25.2 Å². The molecule has 22 heavy (non-hydrogen) atoms. The molecule has 1 aromatic carbocycles. The Bertz CT molecular complexity index is 884. The number of aromatic nitrogens is 3. The highest BCUT2D eigenvalue weighted by atomic mass is 15.0. The molecule has 0 aliphatic heterocycles. The fourth-order valence-corrected chi connectivity index (χ4v) is 2.70. The van der Waals surface area contributed by atoms with Gasteiger partial charge in [-0.05, 0) is 13.0 Å². The molecular weight excluding hydrogens is 272 g/mol. The van der Waals surface area contributed by atoms with Gasteiger partial charge in [-0.2, -0.15) is 9.83 Å². The Kier molecular flexibility index (Phi) is 3.48. The summed E-state index contributed by atoms with van der Waals surface area (Å²) in [6, 6.07) is 12.2. The smallest absolute Gasteiger partial charge is 0.215 e. The van der Waals surface area contributed by atoms with Crippen LogP contribution < -0.4 is 4.57 Å². The molecule has 0 amide bonds. The molecule has 0 atom stereocenters. The molecule has 0 saturated carbocycles. The predicted octanol–water partition coefficient (Wildman–Crippen LogP) is 2.85. The average molecular weight is 289 g/mol. The second-order valence-electron chi connectivity index (χ2n) is 5.38. The van der Waals surface area contributed by atoms with E-state index in [0.717, 1.165) is 28.2 Å². The summed E-state index contributed by atoms with van der Waals surface area (Å²) in [5, 5.41) is 9.38. The third kappa shape index (κ3) is 2.27. The molecule has 2 aromatic heterocycles. The number of hydrogen-bond donors (Lipinski definition) is 0. The Morgan fingerprint density at radius 1 is 1.23 bits per heavy atom. The van der Waals surface area contributed by atoms with Crippen molar-refractivity contribution in [1.82, 2.24) is 9.55 Å². The minimum Gasteiger partial charge on any atom is -0.334 e. The van der Waals surface area contributed by atoms with E-state index in [9.17, 15) is 5.26 Å². The number of aryl methyl sites for hydroxylation is 2. The Balaban J connectivity index is 2.31. The van der Waals surface area contributed by atoms with Crippen molar-refractivity contribution in [1.29, 1.82) is 5.26 Å². The van der Waals surface area contributed by atoms with Crippen LogP contribution in [-0.2, 0) is 7.05 Å². The highest BCUT2D eigenvalue weighted by molar-refractivity contribution is 5.69. The minimum atomic E-state index is 0.646. The molecule has 4 nitrogen and oxygen atoms in total. The number of rotatable bonds is 2. The molecule has 0 saturated heterocycles. The maximum absolute atomic E-state index is 9.38. The molecule has 0 aliphatic carbocycles. The molecule has 2 heterocycles. The highest BCUT2D eigenvalue weighted by Crippen LogP contribution is 2.27. The summed E-state index contributed by atoms with van der Waals surface area (Å²) < 4.78 is 4.08. The molecular formula is C18H17N4+. The van der Waals surface area contributed by atoms with Crippen LogP contribution in [0.25, 0.3) is 16.9 Å². The monoisotopic (exact) mass is 289 g/mol. The fraction of sp³-hybridized carbons (Fsp3) is 0.167. The first-order valence-electron chi connectivity index (χ1n) is 7.11. The molecule has 0 radical (unpaired) electrons. The lowest BCUT2D eigenvalue weighted by atomic mass is 10.00. The second kappa shape index (κ2) is 5.45. The zero-order valence-corrected chi connectivity index (χ0v) is 12.9. The maximum atomic E-state index is 9.38. The van der Waals surface area contributed by atoms with Crippen LogP contribution in [0.1, 0.15) is 16.8 Å². The van der Waals surface area contributed by atoms with Crippen molar-refractivity contribution in [3.63, 3.8) is 0 Å². The van der Waals surface area contributed by atoms with Crippen LogP contribution in [0.2, 0.25) is 0 Å². The number of hydrogen-bond acceptors (Lipinski definition) is 2. The van der Waals surface area contributed by atoms with Gasteiger partial charge in [0.25, 0.3) is 0 Å². The largest absolute Gasteiger partial charge is 0.334 e. The van der Waals surface area contributed by atoms with Gasteiger partial charge >= 0.3 is 0 Å². The van der Waals surface area contributed by atoms with Crippen LogP contribution in [0.15, 0.2) is 49.1 Å². The van der Waals surface area contributed by atoms with Gasteiger partial charge in [0.1, 0.15) is 0 Å². The van der Waals surface area contributed by atoms with E-state index in [1.165, 1.54) is 0 Å². The van der Waals surface area contributed by atoms with E-state index in [1.807, 2.05) is 48.3 Å². The van der Waals surface area contributed by atoms with E-state index in [0.29, 0.717) is 5.56 Å². The van der Waals surface area contributed by atoms with Crippen LogP contribution in [0.4, 0.5) is 0 Å². The number of nitriles is 1. The summed E-state index contributed by atoms with van der Waals surface area (Å²) in [5.74, 6) is 0. The molecule has 108 valence electrons. The number of imidazole rings is 1. The first-order valence-corrected chi connectivity index (χ1v) is 7.11. The third-order valence-corrected chi connectivity index (χ3v) is 3.93. The molecule has 0 unspecified atom stereocenters. The van der Waals surface area contributed by atoms with Crippen LogP contribution in [-0.4, -0.2) is 9.55 Å². The second-order valence-corrected chi connectivity index (χ2v) is 5.38. The number of benzene rings is 1. The quantitative estimate of drug-likeness (QED) is 0.681. The molecule has 3 rings (SSSR count). The lowest BCUT2D eigenvalue weighted by molar-refractivity contribution is -0.603. The Labute approximate surface area is 129 Å². The zero-order chi connectivity index (χ0) is 15.7. The van der Waals surface area contributed by atoms with Crippen molar-refractivity contribution < 1.29 is 4.57 Å². The van der Waals surface area contributed by atoms with E-state index >= 15 is 0 Å². The van der Waals surface area contributed by atoms with Gasteiger partial charge in [0.2, 0.25) is 5.69 Å². The third-order valence-electron chi connectivity index (χ3n) is 3.93. The molecule has 0 fully saturated rings. The Hall–Kier alpha value is -2.93. The Morgan fingerprint density at radius 2 is 2.05 bits per heavy atom. The first-order chi connectivity index (χ1) is 10.6. The van der Waals surface area contributed by atoms with E-state index in [2.05, 4.69) is 35.5 Å². The van der Waals surface area contributed by atoms with Gasteiger partial charge in [0.15, 0.2) is 11.9 Å². The van der Waals surface area contributed by atoms with E-state index < -0.39 is 0 Å². The van der Waals surface area contributed by atoms with Gasteiger partial charge in [0.05, 0.1) is 29.9 Å². The van der Waals surface area contributed by atoms with Crippen LogP contribution in [0.3, 0.4) is 0 Å². The van der Waals surface area contributed by atoms with E-state index in [1.54, 1.807) is 6.33 Å². The summed E-state index contributed by atoms with van der Waals surface area (Å²) in [6.07, 6.45) is 5.62. The fourth-order valence-electron chi connectivity index (χ4n) is 2.70. The van der Waals surface area contributed by atoms with E-state index in [4.69, 9.17) is 0 Å². The lowest BCUT2D eigenvalue weighted by Crippen LogP contribution is -2.34. The normalized spacial score (nSPS) is 10.5. The highest BCUT2D eigenvalue weighted by Gasteiger charge is 2.19. The van der Waals surface area contributed by atoms with Gasteiger partial charge in [-0.1, -0.05) is 6.07 Å². The molecule has 0 bridgehead atoms. The minimum absolute atomic E-state index is 0.646. The van der Waals surface area contributed by atoms with Crippen molar-refractivity contribution >= 4 is 0 Å². The van der Waals surface area contributed by atoms with Crippen molar-refractivity contribution in [2.45, 2.75) is 13.8 Å². The van der Waals surface area contributed by atoms with Crippen molar-refractivity contribution in [3.05, 3.63) is 65.9 Å². The van der Waals surface area contributed by atoms with Crippen molar-refractivity contribution in [2.24, 2.45) is 7.05 Å². The summed E-state index contributed by atoms with van der Waals surface area (Å²) in [6.45, 7) is 4.14. The van der Waals surface area contributed by atoms with Gasteiger partial charge in [0, 0.05) is 43.3 Å². The molecule has 4 heteroatoms. The summed E-state index contributed by atoms with van der Waals surface area (Å²) in [5.41, 5.74) is 5.95. The zero-order valence-electron chi connectivity index (χ0n) is 12.9. The average Bonchev–Trinajstić information content (AvgIpc) is 2.94. The SMILES string of the molecule is Cc1c(-c2cncn2C)cc(C#N)cc1-[n+]1ccccc1C. The van der Waals surface area contributed by atoms with Gasteiger partial charge in [-0.15, -0.1) is 0 Å². The standard InChI is InChI=1S/C18H17N4/c1-13-6-4-5-7-22(13)17-9-15(10-19)8-16(14(17)2)18-11-20-12-21(18)3/h4-9,11-12H,1-3H3/q+1. The van der Waals surface area contributed by atoms with Crippen LogP contribution in [0.5, 0.6) is 0 Å². The molecule has 0 spiro atoms. The summed E-state index contributed by atoms with van der Waals surface area (Å²) >= 11 is 0. The Morgan fingerprint density at radius 3 is 2.68 bits per heavy atom. The molecule has 3 aromatic rings. The van der Waals surface area contributed by atoms with Crippen LogP contribution >= 0.6 is 0 Å². The first kappa shape index (κ1) is 14.0. The predicted molar refractivity (Wildman–Crippen MR) is 84.4 cm³/mol. The topological polar surface area (TPSA) is 45.5 Å². The maximum Gasteiger partial charge on any atom is 0.215 e. The number of pyridine rings is 1. The molecule has 0 aliphatic rings. The van der Waals surface area contributed by atoms with Gasteiger partial charge in [-0.25, -0.2) is 4.98 Å². The van der Waals surface area contributed by atoms with E-state index in [-0.39, 0.29) is 0 Å². The van der Waals surface area contributed by atoms with Crippen molar-refractivity contribution in [3.8, 4) is 23.0 Å². The van der Waals surface area contributed by atoms with Gasteiger partial charge < -0.3 is 4.57 Å². The molecule has 0 N–H and O–H groups in total. The summed E-state index contributed by atoms with van der Waals surface area (Å²) in [4.78, 5) is 4.19. The van der Waals surface area contributed by atoms with Crippen molar-refractivity contribution in [2.75, 3.05) is 0 Å². The van der Waals surface area contributed by atoms with Gasteiger partial charge in [-0.3, -0.25) is 0 Å². The number of nitrogens with zero attached hydrogens (tertiary/aromatic N) is 4. The summed E-state index contributed by atoms with van der Waals surface area (Å²) in [7, 11) is 1.96.